The lowest BCUT2D eigenvalue weighted by atomic mass is 10.2. The van der Waals surface area contributed by atoms with Gasteiger partial charge in [-0.15, -0.1) is 5.10 Å². The predicted molar refractivity (Wildman–Crippen MR) is 58.3 cm³/mol. The van der Waals surface area contributed by atoms with Gasteiger partial charge in [-0.2, -0.15) is 0 Å². The quantitative estimate of drug-likeness (QED) is 0.545. The molecule has 88 valence electrons. The Morgan fingerprint density at radius 2 is 2.25 bits per heavy atom. The van der Waals surface area contributed by atoms with Crippen LogP contribution in [-0.4, -0.2) is 52.7 Å². The molecule has 0 radical (unpaired) electrons. The van der Waals surface area contributed by atoms with Gasteiger partial charge in [-0.3, -0.25) is 0 Å². The van der Waals surface area contributed by atoms with Crippen molar-refractivity contribution < 1.29 is 4.92 Å². The van der Waals surface area contributed by atoms with Crippen LogP contribution in [0.25, 0.3) is 0 Å². The molecular formula is C9H15N5O2. The minimum atomic E-state index is -0.417. The van der Waals surface area contributed by atoms with E-state index in [2.05, 4.69) is 20.4 Å². The first-order chi connectivity index (χ1) is 7.77. The van der Waals surface area contributed by atoms with E-state index in [4.69, 9.17) is 0 Å². The van der Waals surface area contributed by atoms with E-state index in [-0.39, 0.29) is 5.82 Å². The topological polar surface area (TPSA) is 87.1 Å². The lowest BCUT2D eigenvalue weighted by molar-refractivity contribution is -0.390. The number of aromatic amines is 1. The minimum Gasteiger partial charge on any atom is -0.358 e. The van der Waals surface area contributed by atoms with Crippen molar-refractivity contribution in [1.82, 2.24) is 20.4 Å². The molecule has 0 spiro atoms. The predicted octanol–water partition coefficient (Wildman–Crippen LogP) is -0.234. The van der Waals surface area contributed by atoms with Crippen LogP contribution in [-0.2, 0) is 6.42 Å². The molecule has 0 amide bonds. The van der Waals surface area contributed by atoms with Gasteiger partial charge in [0, 0.05) is 32.7 Å². The summed E-state index contributed by atoms with van der Waals surface area (Å²) in [4.78, 5) is 12.5. The van der Waals surface area contributed by atoms with Gasteiger partial charge in [-0.1, -0.05) is 5.10 Å². The zero-order chi connectivity index (χ0) is 11.4. The highest BCUT2D eigenvalue weighted by Crippen LogP contribution is 2.14. The molecule has 0 unspecified atom stereocenters. The summed E-state index contributed by atoms with van der Waals surface area (Å²) < 4.78 is 0. The molecular weight excluding hydrogens is 210 g/mol. The Hall–Kier alpha value is -1.47. The molecule has 2 heterocycles. The average molecular weight is 225 g/mol. The minimum absolute atomic E-state index is 0.0233. The Morgan fingerprint density at radius 3 is 2.94 bits per heavy atom. The van der Waals surface area contributed by atoms with E-state index in [0.29, 0.717) is 12.0 Å². The smallest absolute Gasteiger partial charge is 0.345 e. The van der Waals surface area contributed by atoms with Crippen molar-refractivity contribution in [2.24, 2.45) is 0 Å². The lowest BCUT2D eigenvalue weighted by Crippen LogP contribution is -2.44. The molecule has 1 saturated heterocycles. The van der Waals surface area contributed by atoms with Gasteiger partial charge in [0.1, 0.15) is 0 Å². The summed E-state index contributed by atoms with van der Waals surface area (Å²) in [7, 11) is 0. The number of rotatable bonds is 4. The highest BCUT2D eigenvalue weighted by molar-refractivity contribution is 5.29. The summed E-state index contributed by atoms with van der Waals surface area (Å²) in [5.41, 5.74) is 0.684. The third kappa shape index (κ3) is 2.56. The molecule has 16 heavy (non-hydrogen) atoms. The van der Waals surface area contributed by atoms with Gasteiger partial charge in [-0.25, -0.2) is 0 Å². The Balaban J connectivity index is 1.88. The molecule has 0 bridgehead atoms. The number of nitrogens with one attached hydrogen (secondary N) is 2. The van der Waals surface area contributed by atoms with Crippen LogP contribution in [0.3, 0.4) is 0 Å². The zero-order valence-electron chi connectivity index (χ0n) is 8.98. The second-order valence-electron chi connectivity index (χ2n) is 3.84. The fourth-order valence-electron chi connectivity index (χ4n) is 1.86. The van der Waals surface area contributed by atoms with Gasteiger partial charge in [-0.05, 0) is 11.3 Å². The number of nitro groups is 1. The normalized spacial score (nSPS) is 17.5. The maximum Gasteiger partial charge on any atom is 0.345 e. The maximum atomic E-state index is 10.6. The van der Waals surface area contributed by atoms with Crippen LogP contribution in [0.1, 0.15) is 5.56 Å². The standard InChI is InChI=1S/C9H15N5O2/c15-14(16)9-8(7-11-12-9)1-4-13-5-2-10-3-6-13/h7,10H,1-6H2,(H,11,12). The van der Waals surface area contributed by atoms with E-state index in [1.54, 1.807) is 6.20 Å². The van der Waals surface area contributed by atoms with Gasteiger partial charge >= 0.3 is 5.82 Å². The van der Waals surface area contributed by atoms with Gasteiger partial charge in [0.05, 0.1) is 11.8 Å². The van der Waals surface area contributed by atoms with Crippen molar-refractivity contribution >= 4 is 5.82 Å². The molecule has 0 aromatic carbocycles. The number of nitrogens with zero attached hydrogens (tertiary/aromatic N) is 3. The molecule has 7 nitrogen and oxygen atoms in total. The third-order valence-electron chi connectivity index (χ3n) is 2.78. The van der Waals surface area contributed by atoms with Crippen molar-refractivity contribution in [3.8, 4) is 0 Å². The van der Waals surface area contributed by atoms with Crippen molar-refractivity contribution in [1.29, 1.82) is 0 Å². The van der Waals surface area contributed by atoms with E-state index in [0.717, 1.165) is 32.7 Å². The van der Waals surface area contributed by atoms with Gasteiger partial charge in [0.2, 0.25) is 0 Å². The van der Waals surface area contributed by atoms with E-state index in [1.165, 1.54) is 0 Å². The summed E-state index contributed by atoms with van der Waals surface area (Å²) in [5.74, 6) is 0.0233. The van der Waals surface area contributed by atoms with E-state index < -0.39 is 4.92 Å². The summed E-state index contributed by atoms with van der Waals surface area (Å²) >= 11 is 0. The molecule has 0 saturated carbocycles. The molecule has 2 rings (SSSR count). The Kier molecular flexibility index (Phi) is 3.47. The van der Waals surface area contributed by atoms with E-state index in [1.807, 2.05) is 0 Å². The second-order valence-corrected chi connectivity index (χ2v) is 3.84. The van der Waals surface area contributed by atoms with Crippen LogP contribution in [0.2, 0.25) is 0 Å². The maximum absolute atomic E-state index is 10.6. The molecule has 7 heteroatoms. The molecule has 1 aliphatic heterocycles. The molecule has 0 aliphatic carbocycles. The van der Waals surface area contributed by atoms with Gasteiger partial charge < -0.3 is 20.3 Å². The first kappa shape index (κ1) is 11.0. The highest BCUT2D eigenvalue weighted by Gasteiger charge is 2.16. The van der Waals surface area contributed by atoms with Crippen LogP contribution in [0.5, 0.6) is 0 Å². The van der Waals surface area contributed by atoms with Gasteiger partial charge in [0.25, 0.3) is 0 Å². The fraction of sp³-hybridized carbons (Fsp3) is 0.667. The number of aromatic nitrogens is 2. The fourth-order valence-corrected chi connectivity index (χ4v) is 1.86. The zero-order valence-corrected chi connectivity index (χ0v) is 8.98. The average Bonchev–Trinajstić information content (AvgIpc) is 2.76. The van der Waals surface area contributed by atoms with Crippen molar-refractivity contribution in [2.75, 3.05) is 32.7 Å². The Bertz CT molecular complexity index is 359. The van der Waals surface area contributed by atoms with Crippen molar-refractivity contribution in [2.45, 2.75) is 6.42 Å². The number of H-pyrrole nitrogens is 1. The van der Waals surface area contributed by atoms with Crippen LogP contribution in [0.15, 0.2) is 6.20 Å². The monoisotopic (exact) mass is 225 g/mol. The van der Waals surface area contributed by atoms with Crippen molar-refractivity contribution in [3.63, 3.8) is 0 Å². The van der Waals surface area contributed by atoms with Crippen LogP contribution in [0, 0.1) is 10.1 Å². The van der Waals surface area contributed by atoms with E-state index in [9.17, 15) is 10.1 Å². The SMILES string of the molecule is O=[N+]([O-])c1[nH]ncc1CCN1CCNCC1. The molecule has 1 aromatic heterocycles. The molecule has 1 fully saturated rings. The molecule has 0 atom stereocenters. The molecule has 1 aromatic rings. The largest absolute Gasteiger partial charge is 0.358 e. The summed E-state index contributed by atoms with van der Waals surface area (Å²) in [6, 6.07) is 0. The first-order valence-electron chi connectivity index (χ1n) is 5.37. The molecule has 1 aliphatic rings. The molecule has 2 N–H and O–H groups in total. The Morgan fingerprint density at radius 1 is 1.50 bits per heavy atom. The highest BCUT2D eigenvalue weighted by atomic mass is 16.6. The van der Waals surface area contributed by atoms with Crippen molar-refractivity contribution in [3.05, 3.63) is 21.9 Å². The summed E-state index contributed by atoms with van der Waals surface area (Å²) in [6.45, 7) is 4.85. The van der Waals surface area contributed by atoms with E-state index >= 15 is 0 Å². The van der Waals surface area contributed by atoms with Crippen LogP contribution >= 0.6 is 0 Å². The Labute approximate surface area is 93.0 Å². The number of hydrogen-bond donors (Lipinski definition) is 2. The first-order valence-corrected chi connectivity index (χ1v) is 5.37. The summed E-state index contributed by atoms with van der Waals surface area (Å²) in [5, 5.41) is 20.0. The van der Waals surface area contributed by atoms with Crippen LogP contribution in [0.4, 0.5) is 5.82 Å². The summed E-state index contributed by atoms with van der Waals surface area (Å²) in [6.07, 6.45) is 2.22. The number of piperazine rings is 1. The van der Waals surface area contributed by atoms with Crippen LogP contribution < -0.4 is 5.32 Å². The third-order valence-corrected chi connectivity index (χ3v) is 2.78. The lowest BCUT2D eigenvalue weighted by Gasteiger charge is -2.26. The number of hydrogen-bond acceptors (Lipinski definition) is 5. The van der Waals surface area contributed by atoms with Gasteiger partial charge in [0.15, 0.2) is 0 Å². The second kappa shape index (κ2) is 5.04.